The number of ether oxygens (including phenoxy) is 1. The topological polar surface area (TPSA) is 22.1 Å². The second-order valence-corrected chi connectivity index (χ2v) is 5.00. The maximum atomic E-state index is 12.6. The van der Waals surface area contributed by atoms with E-state index in [-0.39, 0.29) is 6.61 Å². The van der Waals surface area contributed by atoms with Crippen LogP contribution in [0, 0.1) is 11.8 Å². The Labute approximate surface area is 136 Å². The van der Waals surface area contributed by atoms with Crippen molar-refractivity contribution >= 4 is 10.9 Å². The highest BCUT2D eigenvalue weighted by atomic mass is 19.4. The summed E-state index contributed by atoms with van der Waals surface area (Å²) in [6.45, 7) is 0.0614. The lowest BCUT2D eigenvalue weighted by molar-refractivity contribution is -0.137. The summed E-state index contributed by atoms with van der Waals surface area (Å²) in [7, 11) is 0. The summed E-state index contributed by atoms with van der Waals surface area (Å²) >= 11 is 0. The van der Waals surface area contributed by atoms with Crippen LogP contribution in [0.2, 0.25) is 0 Å². The largest absolute Gasteiger partial charge is 0.479 e. The molecule has 2 aromatic carbocycles. The van der Waals surface area contributed by atoms with Crippen LogP contribution in [0.4, 0.5) is 13.2 Å². The lowest BCUT2D eigenvalue weighted by Gasteiger charge is -2.06. The van der Waals surface area contributed by atoms with Crippen LogP contribution in [0.1, 0.15) is 11.1 Å². The molecule has 0 aliphatic rings. The van der Waals surface area contributed by atoms with Crippen LogP contribution in [0.15, 0.2) is 60.8 Å². The van der Waals surface area contributed by atoms with E-state index in [2.05, 4.69) is 16.8 Å². The number of nitrogens with zero attached hydrogens (tertiary/aromatic N) is 1. The fourth-order valence-electron chi connectivity index (χ4n) is 2.22. The van der Waals surface area contributed by atoms with Crippen LogP contribution in [-0.4, -0.2) is 11.6 Å². The first-order valence-corrected chi connectivity index (χ1v) is 7.17. The molecule has 1 heterocycles. The number of alkyl halides is 3. The van der Waals surface area contributed by atoms with E-state index >= 15 is 0 Å². The van der Waals surface area contributed by atoms with Crippen LogP contribution >= 0.6 is 0 Å². The summed E-state index contributed by atoms with van der Waals surface area (Å²) < 4.78 is 43.5. The van der Waals surface area contributed by atoms with Crippen molar-refractivity contribution in [1.29, 1.82) is 0 Å². The summed E-state index contributed by atoms with van der Waals surface area (Å²) in [5, 5.41) is 0.945. The minimum Gasteiger partial charge on any atom is -0.479 e. The summed E-state index contributed by atoms with van der Waals surface area (Å²) in [5.41, 5.74) is 0.304. The molecule has 120 valence electrons. The maximum Gasteiger partial charge on any atom is 0.416 e. The van der Waals surface area contributed by atoms with E-state index in [0.29, 0.717) is 11.3 Å². The number of hydrogen-bond donors (Lipinski definition) is 0. The summed E-state index contributed by atoms with van der Waals surface area (Å²) in [6, 6.07) is 14.2. The number of pyridine rings is 1. The van der Waals surface area contributed by atoms with Gasteiger partial charge in [-0.15, -0.1) is 0 Å². The fourth-order valence-corrected chi connectivity index (χ4v) is 2.22. The highest BCUT2D eigenvalue weighted by molar-refractivity contribution is 5.84. The second kappa shape index (κ2) is 6.63. The van der Waals surface area contributed by atoms with Gasteiger partial charge in [-0.25, -0.2) is 0 Å². The predicted octanol–water partition coefficient (Wildman–Crippen LogP) is 4.68. The molecule has 0 saturated heterocycles. The zero-order valence-corrected chi connectivity index (χ0v) is 12.5. The van der Waals surface area contributed by atoms with E-state index in [4.69, 9.17) is 4.74 Å². The number of hydrogen-bond acceptors (Lipinski definition) is 2. The zero-order valence-electron chi connectivity index (χ0n) is 12.5. The van der Waals surface area contributed by atoms with Gasteiger partial charge < -0.3 is 4.74 Å². The molecule has 5 heteroatoms. The average molecular weight is 327 g/mol. The summed E-state index contributed by atoms with van der Waals surface area (Å²) in [5.74, 6) is 6.00. The SMILES string of the molecule is FC(F)(F)c1cccc(C#CCOc2cccc3cccnc23)c1. The van der Waals surface area contributed by atoms with Crippen LogP contribution in [0.5, 0.6) is 5.75 Å². The Morgan fingerprint density at radius 3 is 2.62 bits per heavy atom. The summed E-state index contributed by atoms with van der Waals surface area (Å²) in [6.07, 6.45) is -2.70. The Bertz CT molecular complexity index is 918. The molecule has 0 spiro atoms. The van der Waals surface area contributed by atoms with Crippen molar-refractivity contribution in [2.24, 2.45) is 0 Å². The molecule has 0 N–H and O–H groups in total. The van der Waals surface area contributed by atoms with Gasteiger partial charge in [-0.05, 0) is 30.3 Å². The first-order chi connectivity index (χ1) is 11.5. The van der Waals surface area contributed by atoms with E-state index in [1.165, 1.54) is 12.1 Å². The monoisotopic (exact) mass is 327 g/mol. The van der Waals surface area contributed by atoms with E-state index in [9.17, 15) is 13.2 Å². The number of fused-ring (bicyclic) bond motifs is 1. The predicted molar refractivity (Wildman–Crippen MR) is 85.6 cm³/mol. The van der Waals surface area contributed by atoms with Crippen molar-refractivity contribution in [3.8, 4) is 17.6 Å². The van der Waals surface area contributed by atoms with Gasteiger partial charge in [-0.3, -0.25) is 4.98 Å². The molecule has 3 rings (SSSR count). The molecule has 0 atom stereocenters. The van der Waals surface area contributed by atoms with E-state index < -0.39 is 11.7 Å². The first kappa shape index (κ1) is 15.9. The Balaban J connectivity index is 1.72. The van der Waals surface area contributed by atoms with Gasteiger partial charge in [0.1, 0.15) is 17.9 Å². The second-order valence-electron chi connectivity index (χ2n) is 5.00. The van der Waals surface area contributed by atoms with Crippen LogP contribution in [-0.2, 0) is 6.18 Å². The Hall–Kier alpha value is -3.00. The number of para-hydroxylation sites is 1. The van der Waals surface area contributed by atoms with E-state index in [1.54, 1.807) is 12.3 Å². The lowest BCUT2D eigenvalue weighted by Crippen LogP contribution is -2.04. The molecule has 0 fully saturated rings. The average Bonchev–Trinajstić information content (AvgIpc) is 2.58. The molecular weight excluding hydrogens is 315 g/mol. The zero-order chi connectivity index (χ0) is 17.0. The van der Waals surface area contributed by atoms with Gasteiger partial charge in [0.2, 0.25) is 0 Å². The third-order valence-electron chi connectivity index (χ3n) is 3.32. The molecule has 0 unspecified atom stereocenters. The highest BCUT2D eigenvalue weighted by Crippen LogP contribution is 2.29. The molecule has 0 amide bonds. The number of halogens is 3. The van der Waals surface area contributed by atoms with Crippen molar-refractivity contribution in [3.05, 3.63) is 71.9 Å². The van der Waals surface area contributed by atoms with Gasteiger partial charge in [0, 0.05) is 17.1 Å². The molecule has 0 bridgehead atoms. The van der Waals surface area contributed by atoms with Gasteiger partial charge >= 0.3 is 6.18 Å². The molecule has 3 aromatic rings. The van der Waals surface area contributed by atoms with E-state index in [1.807, 2.05) is 24.3 Å². The van der Waals surface area contributed by atoms with Crippen molar-refractivity contribution in [3.63, 3.8) is 0 Å². The minimum atomic E-state index is -4.37. The Morgan fingerprint density at radius 2 is 1.79 bits per heavy atom. The van der Waals surface area contributed by atoms with Crippen molar-refractivity contribution < 1.29 is 17.9 Å². The molecule has 2 nitrogen and oxygen atoms in total. The van der Waals surface area contributed by atoms with Gasteiger partial charge in [-0.2, -0.15) is 13.2 Å². The van der Waals surface area contributed by atoms with Crippen molar-refractivity contribution in [2.45, 2.75) is 6.18 Å². The number of benzene rings is 2. The fraction of sp³-hybridized carbons (Fsp3) is 0.105. The minimum absolute atomic E-state index is 0.0614. The standard InChI is InChI=1S/C19H12F3NO/c20-19(21,22)16-9-1-5-14(13-16)6-4-12-24-17-10-2-7-15-8-3-11-23-18(15)17/h1-3,5,7-11,13H,12H2. The highest BCUT2D eigenvalue weighted by Gasteiger charge is 2.30. The van der Waals surface area contributed by atoms with Crippen LogP contribution in [0.25, 0.3) is 10.9 Å². The van der Waals surface area contributed by atoms with Crippen molar-refractivity contribution in [2.75, 3.05) is 6.61 Å². The normalized spacial score (nSPS) is 11.0. The Morgan fingerprint density at radius 1 is 1.00 bits per heavy atom. The van der Waals surface area contributed by atoms with Gasteiger partial charge in [0.15, 0.2) is 0 Å². The van der Waals surface area contributed by atoms with Crippen LogP contribution in [0.3, 0.4) is 0 Å². The molecule has 1 aromatic heterocycles. The molecule has 0 aliphatic heterocycles. The van der Waals surface area contributed by atoms with E-state index in [0.717, 1.165) is 23.0 Å². The van der Waals surface area contributed by atoms with Gasteiger partial charge in [-0.1, -0.05) is 36.1 Å². The molecule has 24 heavy (non-hydrogen) atoms. The molecular formula is C19H12F3NO. The quantitative estimate of drug-likeness (QED) is 0.637. The molecule has 0 aliphatic carbocycles. The number of aromatic nitrogens is 1. The summed E-state index contributed by atoms with van der Waals surface area (Å²) in [4.78, 5) is 4.26. The molecule has 0 radical (unpaired) electrons. The van der Waals surface area contributed by atoms with Gasteiger partial charge in [0.25, 0.3) is 0 Å². The third kappa shape index (κ3) is 3.66. The smallest absolute Gasteiger partial charge is 0.416 e. The van der Waals surface area contributed by atoms with Crippen molar-refractivity contribution in [1.82, 2.24) is 4.98 Å². The maximum absolute atomic E-state index is 12.6. The number of rotatable bonds is 2. The molecule has 0 saturated carbocycles. The third-order valence-corrected chi connectivity index (χ3v) is 3.32. The van der Waals surface area contributed by atoms with Crippen LogP contribution < -0.4 is 4.74 Å². The first-order valence-electron chi connectivity index (χ1n) is 7.17. The Kier molecular flexibility index (Phi) is 4.39. The van der Waals surface area contributed by atoms with Gasteiger partial charge in [0.05, 0.1) is 5.56 Å². The lowest BCUT2D eigenvalue weighted by atomic mass is 10.1.